The van der Waals surface area contributed by atoms with Crippen molar-refractivity contribution in [1.82, 2.24) is 0 Å². The van der Waals surface area contributed by atoms with E-state index in [9.17, 15) is 0 Å². The lowest BCUT2D eigenvalue weighted by molar-refractivity contribution is 0.930. The number of hydrogen-bond donors (Lipinski definition) is 0. The molecule has 0 saturated carbocycles. The molecular formula is C72H54N2. The van der Waals surface area contributed by atoms with E-state index in [1.54, 1.807) is 0 Å². The molecule has 0 heterocycles. The summed E-state index contributed by atoms with van der Waals surface area (Å²) in [5.74, 6) is 0. The fraction of sp³-hybridized carbons (Fsp3) is 0.0278. The van der Waals surface area contributed by atoms with Crippen LogP contribution in [-0.2, 0) is 0 Å². The summed E-state index contributed by atoms with van der Waals surface area (Å²) in [5.41, 5.74) is 23.8. The molecule has 2 nitrogen and oxygen atoms in total. The van der Waals surface area contributed by atoms with Crippen molar-refractivity contribution in [3.63, 3.8) is 0 Å². The Kier molecular flexibility index (Phi) is 13.0. The van der Waals surface area contributed by atoms with E-state index in [1.165, 1.54) is 78.0 Å². The normalized spacial score (nSPS) is 12.1. The topological polar surface area (TPSA) is 6.48 Å². The molecule has 11 aromatic rings. The summed E-state index contributed by atoms with van der Waals surface area (Å²) in [5, 5.41) is 0. The molecule has 0 radical (unpaired) electrons. The minimum absolute atomic E-state index is 0.940. The first-order valence-corrected chi connectivity index (χ1v) is 25.6. The molecule has 352 valence electrons. The maximum Gasteiger partial charge on any atom is 0.0462 e. The molecule has 0 atom stereocenters. The van der Waals surface area contributed by atoms with Crippen LogP contribution in [0.1, 0.15) is 18.4 Å². The molecule has 0 bridgehead atoms. The van der Waals surface area contributed by atoms with Gasteiger partial charge >= 0.3 is 0 Å². The first kappa shape index (κ1) is 45.6. The second-order valence-electron chi connectivity index (χ2n) is 18.9. The minimum Gasteiger partial charge on any atom is -0.314 e. The Morgan fingerprint density at radius 3 is 0.757 bits per heavy atom. The van der Waals surface area contributed by atoms with Gasteiger partial charge in [-0.1, -0.05) is 224 Å². The Bertz CT molecular complexity index is 3570. The minimum atomic E-state index is 0.940. The maximum atomic E-state index is 2.42. The van der Waals surface area contributed by atoms with Crippen molar-refractivity contribution in [1.29, 1.82) is 0 Å². The van der Waals surface area contributed by atoms with Crippen LogP contribution in [0.2, 0.25) is 0 Å². The van der Waals surface area contributed by atoms with Crippen LogP contribution in [0, 0.1) is 0 Å². The number of anilines is 5. The van der Waals surface area contributed by atoms with Crippen LogP contribution >= 0.6 is 0 Å². The van der Waals surface area contributed by atoms with Crippen LogP contribution in [0.3, 0.4) is 0 Å². The van der Waals surface area contributed by atoms with Crippen molar-refractivity contribution < 1.29 is 0 Å². The molecule has 1 aliphatic rings. The predicted molar refractivity (Wildman–Crippen MR) is 314 cm³/mol. The molecule has 0 saturated heterocycles. The van der Waals surface area contributed by atoms with Gasteiger partial charge in [-0.25, -0.2) is 0 Å². The van der Waals surface area contributed by atoms with Crippen LogP contribution in [-0.4, -0.2) is 0 Å². The van der Waals surface area contributed by atoms with Crippen molar-refractivity contribution in [3.8, 4) is 66.8 Å². The number of benzene rings is 11. The van der Waals surface area contributed by atoms with Crippen LogP contribution in [0.15, 0.2) is 309 Å². The van der Waals surface area contributed by atoms with Crippen LogP contribution in [0.4, 0.5) is 28.4 Å². The molecule has 2 heteroatoms. The van der Waals surface area contributed by atoms with Crippen LogP contribution in [0.25, 0.3) is 72.3 Å². The van der Waals surface area contributed by atoms with Gasteiger partial charge in [0.2, 0.25) is 0 Å². The summed E-state index contributed by atoms with van der Waals surface area (Å²) < 4.78 is 0. The fourth-order valence-corrected chi connectivity index (χ4v) is 10.3. The van der Waals surface area contributed by atoms with Crippen molar-refractivity contribution >= 4 is 34.0 Å². The third-order valence-corrected chi connectivity index (χ3v) is 14.2. The summed E-state index contributed by atoms with van der Waals surface area (Å²) in [6.45, 7) is 0. The first-order chi connectivity index (χ1) is 36.7. The highest BCUT2D eigenvalue weighted by atomic mass is 15.2. The lowest BCUT2D eigenvalue weighted by Gasteiger charge is -2.30. The van der Waals surface area contributed by atoms with Crippen LogP contribution < -0.4 is 9.80 Å². The average molecular weight is 947 g/mol. The Labute approximate surface area is 435 Å². The van der Waals surface area contributed by atoms with E-state index in [-0.39, 0.29) is 0 Å². The quantitative estimate of drug-likeness (QED) is 0.114. The van der Waals surface area contributed by atoms with Gasteiger partial charge in [0.05, 0.1) is 0 Å². The second-order valence-corrected chi connectivity index (χ2v) is 18.9. The molecule has 0 aromatic heterocycles. The number of rotatable bonds is 13. The van der Waals surface area contributed by atoms with Crippen molar-refractivity contribution in [2.24, 2.45) is 0 Å². The SMILES string of the molecule is C1=C(c2ccccc2)CCC(N(c2ccc(-c3ccccc3)cc2)c2ccc(-c3ccc(N(c4ccc(-c5cccc(-c6ccccc6)c5)cc4)c4ccc(-c5cccc(-c6ccccc6)c5)cc4)cc3)cc2)=C1. The van der Waals surface area contributed by atoms with Crippen LogP contribution in [0.5, 0.6) is 0 Å². The van der Waals surface area contributed by atoms with E-state index in [0.717, 1.165) is 46.8 Å². The third-order valence-electron chi connectivity index (χ3n) is 14.2. The molecular weight excluding hydrogens is 893 g/mol. The second kappa shape index (κ2) is 21.1. The zero-order chi connectivity index (χ0) is 49.5. The fourth-order valence-electron chi connectivity index (χ4n) is 10.3. The molecule has 0 amide bonds. The molecule has 0 N–H and O–H groups in total. The van der Waals surface area contributed by atoms with Crippen molar-refractivity contribution in [2.45, 2.75) is 12.8 Å². The third kappa shape index (κ3) is 9.90. The van der Waals surface area contributed by atoms with Crippen molar-refractivity contribution in [2.75, 3.05) is 9.80 Å². The Hall–Kier alpha value is -9.50. The summed E-state index contributed by atoms with van der Waals surface area (Å²) in [6, 6.07) is 105. The van der Waals surface area contributed by atoms with Gasteiger partial charge in [0.15, 0.2) is 0 Å². The van der Waals surface area contributed by atoms with E-state index < -0.39 is 0 Å². The number of allylic oxidation sites excluding steroid dienone is 4. The highest BCUT2D eigenvalue weighted by Crippen LogP contribution is 2.41. The van der Waals surface area contributed by atoms with Gasteiger partial charge in [-0.3, -0.25) is 0 Å². The standard InChI is InChI=1S/C72H54N2/c1-5-15-53(16-6-1)57-27-39-67(40-28-57)73(68-41-29-58(30-42-68)54-17-7-2-8-18-54)69-43-31-59(32-44-69)60-33-45-70(46-34-60)74(71-47-35-61(36-48-71)65-25-13-23-63(51-65)55-19-9-3-10-20-55)72-49-37-62(38-50-72)66-26-14-24-64(52-66)56-21-11-4-12-22-56/h1-29,31-41,43-52H,30,42H2. The summed E-state index contributed by atoms with van der Waals surface area (Å²) >= 11 is 0. The van der Waals surface area contributed by atoms with Gasteiger partial charge in [-0.05, 0) is 170 Å². The van der Waals surface area contributed by atoms with Gasteiger partial charge < -0.3 is 9.80 Å². The molecule has 12 rings (SSSR count). The lowest BCUT2D eigenvalue weighted by atomic mass is 9.94. The summed E-state index contributed by atoms with van der Waals surface area (Å²) in [6.07, 6.45) is 6.53. The maximum absolute atomic E-state index is 2.42. The predicted octanol–water partition coefficient (Wildman–Crippen LogP) is 20.1. The Morgan fingerprint density at radius 2 is 0.446 bits per heavy atom. The smallest absolute Gasteiger partial charge is 0.0462 e. The van der Waals surface area contributed by atoms with Gasteiger partial charge in [0.25, 0.3) is 0 Å². The van der Waals surface area contributed by atoms with Gasteiger partial charge in [-0.15, -0.1) is 0 Å². The highest BCUT2D eigenvalue weighted by Gasteiger charge is 2.20. The molecule has 0 unspecified atom stereocenters. The zero-order valence-corrected chi connectivity index (χ0v) is 41.2. The van der Waals surface area contributed by atoms with Gasteiger partial charge in [0.1, 0.15) is 0 Å². The molecule has 74 heavy (non-hydrogen) atoms. The van der Waals surface area contributed by atoms with E-state index in [2.05, 4.69) is 313 Å². The largest absolute Gasteiger partial charge is 0.314 e. The molecule has 1 aliphatic carbocycles. The Morgan fingerprint density at radius 1 is 0.189 bits per heavy atom. The summed E-state index contributed by atoms with van der Waals surface area (Å²) in [4.78, 5) is 4.78. The molecule has 11 aromatic carbocycles. The molecule has 0 aliphatic heterocycles. The van der Waals surface area contributed by atoms with E-state index >= 15 is 0 Å². The van der Waals surface area contributed by atoms with E-state index in [1.807, 2.05) is 0 Å². The average Bonchev–Trinajstić information content (AvgIpc) is 3.49. The zero-order valence-electron chi connectivity index (χ0n) is 41.2. The molecule has 0 fully saturated rings. The first-order valence-electron chi connectivity index (χ1n) is 25.6. The van der Waals surface area contributed by atoms with Gasteiger partial charge in [-0.2, -0.15) is 0 Å². The number of hydrogen-bond acceptors (Lipinski definition) is 2. The Balaban J connectivity index is 0.856. The van der Waals surface area contributed by atoms with E-state index in [0.29, 0.717) is 0 Å². The van der Waals surface area contributed by atoms with Gasteiger partial charge in [0, 0.05) is 34.1 Å². The monoisotopic (exact) mass is 946 g/mol. The summed E-state index contributed by atoms with van der Waals surface area (Å²) in [7, 11) is 0. The van der Waals surface area contributed by atoms with Crippen molar-refractivity contribution in [3.05, 3.63) is 315 Å². The number of nitrogens with zero attached hydrogens (tertiary/aromatic N) is 2. The lowest BCUT2D eigenvalue weighted by Crippen LogP contribution is -2.17. The highest BCUT2D eigenvalue weighted by molar-refractivity contribution is 5.84. The molecule has 0 spiro atoms. The van der Waals surface area contributed by atoms with E-state index in [4.69, 9.17) is 0 Å².